The summed E-state index contributed by atoms with van der Waals surface area (Å²) in [5, 5.41) is 8.76. The van der Waals surface area contributed by atoms with E-state index in [1.165, 1.54) is 0 Å². The minimum absolute atomic E-state index is 0.0253. The molecule has 2 heterocycles. The molecule has 0 spiro atoms. The number of piperidine rings is 1. The smallest absolute Gasteiger partial charge is 0.249 e. The standard InChI is InChI=1S/C22H27ClN4O3/c1-14(2)27(13-19-24-25-20(30-19)17-7-3-4-8-18(17)23)22(29)16-6-5-11-26(12-16)21(28)15-9-10-15/h3-4,7-8,14-16H,5-6,9-13H2,1-2H3. The molecule has 0 bridgehead atoms. The van der Waals surface area contributed by atoms with E-state index in [9.17, 15) is 9.59 Å². The molecule has 0 radical (unpaired) electrons. The average Bonchev–Trinajstić information content (AvgIpc) is 3.50. The molecule has 30 heavy (non-hydrogen) atoms. The monoisotopic (exact) mass is 430 g/mol. The van der Waals surface area contributed by atoms with Crippen LogP contribution in [0.1, 0.15) is 45.4 Å². The summed E-state index contributed by atoms with van der Waals surface area (Å²) >= 11 is 6.22. The first-order chi connectivity index (χ1) is 14.4. The number of nitrogens with zero attached hydrogens (tertiary/aromatic N) is 4. The fourth-order valence-electron chi connectivity index (χ4n) is 3.92. The van der Waals surface area contributed by atoms with E-state index in [0.29, 0.717) is 28.9 Å². The number of rotatable bonds is 6. The van der Waals surface area contributed by atoms with Crippen LogP contribution < -0.4 is 0 Å². The van der Waals surface area contributed by atoms with E-state index in [1.54, 1.807) is 11.0 Å². The number of likely N-dealkylation sites (tertiary alicyclic amines) is 1. The van der Waals surface area contributed by atoms with Crippen molar-refractivity contribution in [2.75, 3.05) is 13.1 Å². The third-order valence-corrected chi connectivity index (χ3v) is 6.12. The van der Waals surface area contributed by atoms with Crippen LogP contribution in [0.2, 0.25) is 5.02 Å². The van der Waals surface area contributed by atoms with Gasteiger partial charge in [-0.2, -0.15) is 0 Å². The first-order valence-electron chi connectivity index (χ1n) is 10.6. The zero-order valence-electron chi connectivity index (χ0n) is 17.4. The summed E-state index contributed by atoms with van der Waals surface area (Å²) < 4.78 is 5.80. The molecule has 4 rings (SSSR count). The van der Waals surface area contributed by atoms with E-state index in [1.807, 2.05) is 36.9 Å². The highest BCUT2D eigenvalue weighted by molar-refractivity contribution is 6.33. The summed E-state index contributed by atoms with van der Waals surface area (Å²) in [6.07, 6.45) is 3.62. The highest BCUT2D eigenvalue weighted by atomic mass is 35.5. The minimum Gasteiger partial charge on any atom is -0.419 e. The van der Waals surface area contributed by atoms with Gasteiger partial charge < -0.3 is 14.2 Å². The van der Waals surface area contributed by atoms with Crippen LogP contribution in [0, 0.1) is 11.8 Å². The van der Waals surface area contributed by atoms with Crippen molar-refractivity contribution in [1.82, 2.24) is 20.0 Å². The molecule has 1 aliphatic carbocycles. The van der Waals surface area contributed by atoms with Gasteiger partial charge in [0.15, 0.2) is 0 Å². The molecule has 1 aromatic carbocycles. The maximum Gasteiger partial charge on any atom is 0.249 e. The summed E-state index contributed by atoms with van der Waals surface area (Å²) in [6.45, 7) is 5.44. The normalized spacial score (nSPS) is 19.2. The maximum atomic E-state index is 13.3. The molecule has 1 aromatic heterocycles. The summed E-state index contributed by atoms with van der Waals surface area (Å²) in [5.74, 6) is 0.955. The Morgan fingerprint density at radius 1 is 1.20 bits per heavy atom. The van der Waals surface area contributed by atoms with Crippen molar-refractivity contribution in [3.05, 3.63) is 35.2 Å². The molecule has 2 aliphatic rings. The molecule has 0 N–H and O–H groups in total. The molecule has 1 saturated heterocycles. The molecule has 2 amide bonds. The second-order valence-electron chi connectivity index (χ2n) is 8.44. The number of carbonyl (C=O) groups is 2. The van der Waals surface area contributed by atoms with E-state index in [4.69, 9.17) is 16.0 Å². The van der Waals surface area contributed by atoms with Gasteiger partial charge in [-0.3, -0.25) is 9.59 Å². The van der Waals surface area contributed by atoms with Crippen molar-refractivity contribution in [1.29, 1.82) is 0 Å². The summed E-state index contributed by atoms with van der Waals surface area (Å²) in [5.41, 5.74) is 0.668. The lowest BCUT2D eigenvalue weighted by atomic mass is 9.95. The fourth-order valence-corrected chi connectivity index (χ4v) is 4.14. The third-order valence-electron chi connectivity index (χ3n) is 5.79. The molecule has 7 nitrogen and oxygen atoms in total. The van der Waals surface area contributed by atoms with Gasteiger partial charge in [-0.15, -0.1) is 10.2 Å². The predicted molar refractivity (Wildman–Crippen MR) is 112 cm³/mol. The van der Waals surface area contributed by atoms with E-state index in [2.05, 4.69) is 10.2 Å². The second kappa shape index (κ2) is 8.76. The number of benzene rings is 1. The van der Waals surface area contributed by atoms with E-state index < -0.39 is 0 Å². The van der Waals surface area contributed by atoms with Crippen molar-refractivity contribution >= 4 is 23.4 Å². The quantitative estimate of drug-likeness (QED) is 0.696. The second-order valence-corrected chi connectivity index (χ2v) is 8.85. The van der Waals surface area contributed by atoms with Crippen LogP contribution >= 0.6 is 11.6 Å². The van der Waals surface area contributed by atoms with Gasteiger partial charge in [-0.25, -0.2) is 0 Å². The minimum atomic E-state index is -0.185. The van der Waals surface area contributed by atoms with Crippen LogP contribution in [-0.2, 0) is 16.1 Å². The Balaban J connectivity index is 1.45. The van der Waals surface area contributed by atoms with Crippen molar-refractivity contribution in [2.24, 2.45) is 11.8 Å². The lowest BCUT2D eigenvalue weighted by Gasteiger charge is -2.36. The van der Waals surface area contributed by atoms with Crippen LogP contribution in [0.4, 0.5) is 0 Å². The van der Waals surface area contributed by atoms with Gasteiger partial charge in [0.05, 0.1) is 23.0 Å². The molecule has 1 unspecified atom stereocenters. The van der Waals surface area contributed by atoms with Gasteiger partial charge in [0.1, 0.15) is 0 Å². The predicted octanol–water partition coefficient (Wildman–Crippen LogP) is 3.78. The Bertz CT molecular complexity index is 925. The number of amides is 2. The Kier molecular flexibility index (Phi) is 6.09. The Morgan fingerprint density at radius 2 is 1.97 bits per heavy atom. The molecule has 160 valence electrons. The van der Waals surface area contributed by atoms with Gasteiger partial charge >= 0.3 is 0 Å². The van der Waals surface area contributed by atoms with Crippen molar-refractivity contribution in [3.63, 3.8) is 0 Å². The molecule has 2 aromatic rings. The average molecular weight is 431 g/mol. The van der Waals surface area contributed by atoms with Gasteiger partial charge in [0.25, 0.3) is 0 Å². The van der Waals surface area contributed by atoms with E-state index >= 15 is 0 Å². The summed E-state index contributed by atoms with van der Waals surface area (Å²) in [6, 6.07) is 7.25. The van der Waals surface area contributed by atoms with Gasteiger partial charge in [0.2, 0.25) is 23.6 Å². The zero-order valence-corrected chi connectivity index (χ0v) is 18.1. The van der Waals surface area contributed by atoms with E-state index in [0.717, 1.165) is 32.2 Å². The lowest BCUT2D eigenvalue weighted by Crippen LogP contribution is -2.48. The number of hydrogen-bond acceptors (Lipinski definition) is 5. The zero-order chi connectivity index (χ0) is 21.3. The number of hydrogen-bond donors (Lipinski definition) is 0. The maximum absolute atomic E-state index is 13.3. The molecular weight excluding hydrogens is 404 g/mol. The van der Waals surface area contributed by atoms with Gasteiger partial charge in [0, 0.05) is 25.0 Å². The molecular formula is C22H27ClN4O3. The first-order valence-corrected chi connectivity index (χ1v) is 11.0. The van der Waals surface area contributed by atoms with Gasteiger partial charge in [-0.1, -0.05) is 23.7 Å². The van der Waals surface area contributed by atoms with Crippen molar-refractivity contribution < 1.29 is 14.0 Å². The molecule has 1 atom stereocenters. The van der Waals surface area contributed by atoms with Crippen molar-refractivity contribution in [2.45, 2.75) is 52.1 Å². The Hall–Kier alpha value is -2.41. The molecule has 8 heteroatoms. The number of carbonyl (C=O) groups excluding carboxylic acids is 2. The molecule has 1 saturated carbocycles. The lowest BCUT2D eigenvalue weighted by molar-refractivity contribution is -0.143. The Labute approximate surface area is 181 Å². The summed E-state index contributed by atoms with van der Waals surface area (Å²) in [7, 11) is 0. The highest BCUT2D eigenvalue weighted by Gasteiger charge is 2.38. The first kappa shape index (κ1) is 20.8. The molecule has 2 fully saturated rings. The Morgan fingerprint density at radius 3 is 2.67 bits per heavy atom. The van der Waals surface area contributed by atoms with Gasteiger partial charge in [-0.05, 0) is 51.7 Å². The number of halogens is 1. The van der Waals surface area contributed by atoms with Crippen LogP contribution in [0.5, 0.6) is 0 Å². The topological polar surface area (TPSA) is 79.5 Å². The number of aromatic nitrogens is 2. The van der Waals surface area contributed by atoms with Crippen molar-refractivity contribution in [3.8, 4) is 11.5 Å². The van der Waals surface area contributed by atoms with Crippen LogP contribution in [0.25, 0.3) is 11.5 Å². The summed E-state index contributed by atoms with van der Waals surface area (Å²) in [4.78, 5) is 29.4. The highest BCUT2D eigenvalue weighted by Crippen LogP contribution is 2.33. The van der Waals surface area contributed by atoms with Crippen LogP contribution in [-0.4, -0.2) is 50.9 Å². The fraction of sp³-hybridized carbons (Fsp3) is 0.545. The van der Waals surface area contributed by atoms with E-state index in [-0.39, 0.29) is 36.2 Å². The largest absolute Gasteiger partial charge is 0.419 e. The van der Waals surface area contributed by atoms with Crippen LogP contribution in [0.3, 0.4) is 0 Å². The molecule has 1 aliphatic heterocycles. The van der Waals surface area contributed by atoms with Crippen LogP contribution in [0.15, 0.2) is 28.7 Å². The third kappa shape index (κ3) is 4.51. The SMILES string of the molecule is CC(C)N(Cc1nnc(-c2ccccc2Cl)o1)C(=O)C1CCCN(C(=O)C2CC2)C1.